The van der Waals surface area contributed by atoms with Gasteiger partial charge in [0.25, 0.3) is 0 Å². The monoisotopic (exact) mass is 264 g/mol. The van der Waals surface area contributed by atoms with Crippen LogP contribution < -0.4 is 5.73 Å². The fraction of sp³-hybridized carbons (Fsp3) is 0.769. The first kappa shape index (κ1) is 12.1. The van der Waals surface area contributed by atoms with E-state index in [2.05, 4.69) is 21.9 Å². The van der Waals surface area contributed by atoms with Crippen LogP contribution in [0.2, 0.25) is 0 Å². The van der Waals surface area contributed by atoms with Crippen LogP contribution in [0.5, 0.6) is 0 Å². The fourth-order valence-electron chi connectivity index (χ4n) is 2.96. The van der Waals surface area contributed by atoms with Crippen LogP contribution in [0, 0.1) is 5.92 Å². The van der Waals surface area contributed by atoms with Crippen LogP contribution in [0.4, 0.5) is 0 Å². The molecule has 4 nitrogen and oxygen atoms in total. The highest BCUT2D eigenvalue weighted by molar-refractivity contribution is 7.80. The largest absolute Gasteiger partial charge is 0.388 e. The minimum absolute atomic E-state index is 0.393. The number of nitrogens with two attached hydrogens (primary N) is 1. The van der Waals surface area contributed by atoms with Crippen molar-refractivity contribution in [3.05, 3.63) is 11.4 Å². The summed E-state index contributed by atoms with van der Waals surface area (Å²) in [5, 5.41) is 8.57. The van der Waals surface area contributed by atoms with E-state index in [0.717, 1.165) is 11.6 Å². The Bertz CT molecular complexity index is 460. The zero-order valence-corrected chi connectivity index (χ0v) is 11.6. The molecule has 0 amide bonds. The van der Waals surface area contributed by atoms with Gasteiger partial charge in [-0.15, -0.1) is 5.10 Å². The maximum atomic E-state index is 5.78. The average Bonchev–Trinajstić information content (AvgIpc) is 2.56. The minimum Gasteiger partial charge on any atom is -0.388 e. The SMILES string of the molecule is CC(C1CCC1)n1nnc(C(N)=S)c1C1CCC1. The molecule has 2 fully saturated rings. The maximum absolute atomic E-state index is 5.78. The second-order valence-electron chi connectivity index (χ2n) is 5.69. The molecule has 1 heterocycles. The van der Waals surface area contributed by atoms with E-state index >= 15 is 0 Å². The lowest BCUT2D eigenvalue weighted by molar-refractivity contribution is 0.199. The molecule has 1 atom stereocenters. The number of hydrogen-bond acceptors (Lipinski definition) is 3. The van der Waals surface area contributed by atoms with E-state index in [1.165, 1.54) is 44.2 Å². The Morgan fingerprint density at radius 1 is 1.33 bits per heavy atom. The van der Waals surface area contributed by atoms with E-state index in [9.17, 15) is 0 Å². The molecule has 0 saturated heterocycles. The van der Waals surface area contributed by atoms with Gasteiger partial charge in [-0.2, -0.15) is 0 Å². The molecule has 1 unspecified atom stereocenters. The zero-order valence-electron chi connectivity index (χ0n) is 10.8. The number of thiocarbonyl (C=S) groups is 1. The Balaban J connectivity index is 1.94. The van der Waals surface area contributed by atoms with E-state index in [1.807, 2.05) is 0 Å². The molecule has 98 valence electrons. The van der Waals surface area contributed by atoms with Crippen molar-refractivity contribution < 1.29 is 0 Å². The molecule has 2 saturated carbocycles. The lowest BCUT2D eigenvalue weighted by Crippen LogP contribution is -2.28. The van der Waals surface area contributed by atoms with Gasteiger partial charge in [-0.05, 0) is 38.5 Å². The summed E-state index contributed by atoms with van der Waals surface area (Å²) in [5.74, 6) is 1.32. The highest BCUT2D eigenvalue weighted by atomic mass is 32.1. The van der Waals surface area contributed by atoms with Crippen molar-refractivity contribution in [1.29, 1.82) is 0 Å². The molecule has 1 aromatic rings. The summed E-state index contributed by atoms with van der Waals surface area (Å²) in [5.41, 5.74) is 7.75. The second kappa shape index (κ2) is 4.61. The average molecular weight is 264 g/mol. The van der Waals surface area contributed by atoms with Crippen molar-refractivity contribution in [3.63, 3.8) is 0 Å². The van der Waals surface area contributed by atoms with Crippen LogP contribution >= 0.6 is 12.2 Å². The van der Waals surface area contributed by atoms with Crippen molar-refractivity contribution in [2.45, 2.75) is 57.4 Å². The molecule has 0 radical (unpaired) electrons. The molecule has 5 heteroatoms. The van der Waals surface area contributed by atoms with Crippen LogP contribution in [0.1, 0.15) is 68.8 Å². The molecule has 2 aliphatic rings. The molecule has 0 aromatic carbocycles. The summed E-state index contributed by atoms with van der Waals surface area (Å²) in [6.45, 7) is 2.25. The van der Waals surface area contributed by atoms with E-state index in [-0.39, 0.29) is 0 Å². The van der Waals surface area contributed by atoms with Gasteiger partial charge in [0.1, 0.15) is 10.7 Å². The molecule has 2 N–H and O–H groups in total. The van der Waals surface area contributed by atoms with Crippen molar-refractivity contribution >= 4 is 17.2 Å². The quantitative estimate of drug-likeness (QED) is 0.849. The van der Waals surface area contributed by atoms with E-state index < -0.39 is 0 Å². The first-order valence-electron chi connectivity index (χ1n) is 6.93. The number of rotatable bonds is 4. The molecule has 3 rings (SSSR count). The molecule has 0 spiro atoms. The first-order valence-corrected chi connectivity index (χ1v) is 7.34. The Morgan fingerprint density at radius 3 is 2.44 bits per heavy atom. The van der Waals surface area contributed by atoms with Gasteiger partial charge < -0.3 is 5.73 Å². The highest BCUT2D eigenvalue weighted by Gasteiger charge is 2.33. The van der Waals surface area contributed by atoms with Gasteiger partial charge in [-0.25, -0.2) is 4.68 Å². The Morgan fingerprint density at radius 2 is 2.00 bits per heavy atom. The van der Waals surface area contributed by atoms with E-state index in [4.69, 9.17) is 18.0 Å². The Hall–Kier alpha value is -0.970. The zero-order chi connectivity index (χ0) is 12.7. The van der Waals surface area contributed by atoms with Crippen LogP contribution in [0.25, 0.3) is 0 Å². The Kier molecular flexibility index (Phi) is 3.09. The molecule has 0 aliphatic heterocycles. The van der Waals surface area contributed by atoms with Gasteiger partial charge in [0.2, 0.25) is 0 Å². The van der Waals surface area contributed by atoms with Crippen LogP contribution in [-0.4, -0.2) is 20.0 Å². The fourth-order valence-corrected chi connectivity index (χ4v) is 3.11. The molecular weight excluding hydrogens is 244 g/mol. The number of hydrogen-bond donors (Lipinski definition) is 1. The van der Waals surface area contributed by atoms with Crippen molar-refractivity contribution in [3.8, 4) is 0 Å². The van der Waals surface area contributed by atoms with Crippen molar-refractivity contribution in [2.75, 3.05) is 0 Å². The van der Waals surface area contributed by atoms with E-state index in [1.54, 1.807) is 0 Å². The molecule has 0 bridgehead atoms. The van der Waals surface area contributed by atoms with Crippen molar-refractivity contribution in [1.82, 2.24) is 15.0 Å². The van der Waals surface area contributed by atoms with Gasteiger partial charge in [0.15, 0.2) is 0 Å². The second-order valence-corrected chi connectivity index (χ2v) is 6.13. The smallest absolute Gasteiger partial charge is 0.143 e. The summed E-state index contributed by atoms with van der Waals surface area (Å²) >= 11 is 5.11. The summed E-state index contributed by atoms with van der Waals surface area (Å²) in [6, 6.07) is 0.435. The predicted molar refractivity (Wildman–Crippen MR) is 74.6 cm³/mol. The molecule has 18 heavy (non-hydrogen) atoms. The summed E-state index contributed by atoms with van der Waals surface area (Å²) in [4.78, 5) is 0.393. The molecule has 2 aliphatic carbocycles. The number of nitrogens with zero attached hydrogens (tertiary/aromatic N) is 3. The van der Waals surface area contributed by atoms with E-state index in [0.29, 0.717) is 16.9 Å². The minimum atomic E-state index is 0.393. The van der Waals surface area contributed by atoms with Gasteiger partial charge >= 0.3 is 0 Å². The van der Waals surface area contributed by atoms with Gasteiger partial charge in [-0.3, -0.25) is 0 Å². The lowest BCUT2D eigenvalue weighted by Gasteiger charge is -2.34. The number of aromatic nitrogens is 3. The summed E-state index contributed by atoms with van der Waals surface area (Å²) in [7, 11) is 0. The molecule has 1 aromatic heterocycles. The maximum Gasteiger partial charge on any atom is 0.143 e. The lowest BCUT2D eigenvalue weighted by atomic mass is 9.78. The third kappa shape index (κ3) is 1.85. The Labute approximate surface area is 113 Å². The third-order valence-electron chi connectivity index (χ3n) is 4.67. The topological polar surface area (TPSA) is 56.7 Å². The standard InChI is InChI=1S/C13H20N4S/c1-8(9-4-2-5-9)17-12(10-6-3-7-10)11(13(14)18)15-16-17/h8-10H,2-7H2,1H3,(H2,14,18). The van der Waals surface area contributed by atoms with Gasteiger partial charge in [0.05, 0.1) is 11.7 Å². The first-order chi connectivity index (χ1) is 8.68. The van der Waals surface area contributed by atoms with Gasteiger partial charge in [-0.1, -0.05) is 30.3 Å². The van der Waals surface area contributed by atoms with Crippen molar-refractivity contribution in [2.24, 2.45) is 11.7 Å². The predicted octanol–water partition coefficient (Wildman–Crippen LogP) is 2.54. The van der Waals surface area contributed by atoms with Gasteiger partial charge in [0, 0.05) is 5.92 Å². The normalized spacial score (nSPS) is 22.3. The van der Waals surface area contributed by atoms with Crippen LogP contribution in [0.3, 0.4) is 0 Å². The third-order valence-corrected chi connectivity index (χ3v) is 4.87. The van der Waals surface area contributed by atoms with Crippen LogP contribution in [-0.2, 0) is 0 Å². The highest BCUT2D eigenvalue weighted by Crippen LogP contribution is 2.41. The summed E-state index contributed by atoms with van der Waals surface area (Å²) in [6.07, 6.45) is 7.72. The van der Waals surface area contributed by atoms with Crippen LogP contribution in [0.15, 0.2) is 0 Å². The molecular formula is C13H20N4S. The summed E-state index contributed by atoms with van der Waals surface area (Å²) < 4.78 is 2.11.